The summed E-state index contributed by atoms with van der Waals surface area (Å²) in [5.74, 6) is 0. The second kappa shape index (κ2) is 2.97. The maximum Gasteiger partial charge on any atom is 0.156 e. The van der Waals surface area contributed by atoms with Crippen LogP contribution in [-0.4, -0.2) is 13.6 Å². The predicted octanol–water partition coefficient (Wildman–Crippen LogP) is 2.28. The molecule has 0 saturated heterocycles. The fraction of sp³-hybridized carbons (Fsp3) is 1.00. The number of halogens is 1. The van der Waals surface area contributed by atoms with E-state index in [0.29, 0.717) is 6.17 Å². The molecule has 0 aliphatic rings. The number of hydrogen-bond acceptors (Lipinski definition) is 1. The zero-order valence-electron chi connectivity index (χ0n) is 4.93. The smallest absolute Gasteiger partial charge is 0.156 e. The van der Waals surface area contributed by atoms with Gasteiger partial charge in [0, 0.05) is 11.1 Å². The first-order valence-corrected chi connectivity index (χ1v) is 6.48. The minimum absolute atomic E-state index is 0.477. The summed E-state index contributed by atoms with van der Waals surface area (Å²) in [6.45, 7) is 3.87. The fourth-order valence-corrected chi connectivity index (χ4v) is 0.760. The SMILES string of the molecule is C[Si](C)(Cl)CN=[N+]=[N-]. The zero-order valence-corrected chi connectivity index (χ0v) is 6.68. The lowest BCUT2D eigenvalue weighted by atomic mass is 11.5. The first-order chi connectivity index (χ1) is 3.56. The summed E-state index contributed by atoms with van der Waals surface area (Å²) >= 11 is 5.79. The molecule has 0 aliphatic heterocycles. The Balaban J connectivity index is 3.55. The molecule has 46 valence electrons. The molecular weight excluding hydrogens is 142 g/mol. The van der Waals surface area contributed by atoms with Gasteiger partial charge in [-0.1, -0.05) is 18.2 Å². The zero-order chi connectivity index (χ0) is 6.62. The largest absolute Gasteiger partial charge is 0.167 e. The summed E-state index contributed by atoms with van der Waals surface area (Å²) in [7, 11) is -1.63. The highest BCUT2D eigenvalue weighted by atomic mass is 35.6. The van der Waals surface area contributed by atoms with E-state index in [9.17, 15) is 0 Å². The van der Waals surface area contributed by atoms with E-state index in [0.717, 1.165) is 0 Å². The van der Waals surface area contributed by atoms with Crippen LogP contribution in [0.3, 0.4) is 0 Å². The molecule has 0 rings (SSSR count). The molecule has 0 fully saturated rings. The number of nitrogens with zero attached hydrogens (tertiary/aromatic N) is 3. The molecule has 0 heterocycles. The highest BCUT2D eigenvalue weighted by Crippen LogP contribution is 2.06. The van der Waals surface area contributed by atoms with Gasteiger partial charge in [-0.05, 0) is 5.53 Å². The van der Waals surface area contributed by atoms with Crippen LogP contribution in [0.1, 0.15) is 0 Å². The highest BCUT2D eigenvalue weighted by Gasteiger charge is 2.14. The van der Waals surface area contributed by atoms with E-state index >= 15 is 0 Å². The average molecular weight is 150 g/mol. The lowest BCUT2D eigenvalue weighted by molar-refractivity contribution is 1.27. The van der Waals surface area contributed by atoms with Crippen molar-refractivity contribution >= 4 is 18.5 Å². The molecule has 0 unspecified atom stereocenters. The molecule has 8 heavy (non-hydrogen) atoms. The van der Waals surface area contributed by atoms with Gasteiger partial charge in [0.15, 0.2) is 7.38 Å². The van der Waals surface area contributed by atoms with Gasteiger partial charge in [0.25, 0.3) is 0 Å². The van der Waals surface area contributed by atoms with Crippen molar-refractivity contribution in [1.82, 2.24) is 0 Å². The van der Waals surface area contributed by atoms with E-state index in [1.54, 1.807) is 0 Å². The number of azide groups is 1. The van der Waals surface area contributed by atoms with E-state index in [1.165, 1.54) is 0 Å². The van der Waals surface area contributed by atoms with Gasteiger partial charge in [0.1, 0.15) is 0 Å². The van der Waals surface area contributed by atoms with Crippen LogP contribution in [0, 0.1) is 0 Å². The minimum atomic E-state index is -1.63. The predicted molar refractivity (Wildman–Crippen MR) is 37.3 cm³/mol. The molecule has 0 spiro atoms. The van der Waals surface area contributed by atoms with Crippen LogP contribution < -0.4 is 0 Å². The molecule has 0 aromatic heterocycles. The molecule has 0 saturated carbocycles. The molecule has 0 aromatic rings. The molecule has 0 bridgehead atoms. The number of hydrogen-bond donors (Lipinski definition) is 0. The Hall–Kier alpha value is -0.183. The summed E-state index contributed by atoms with van der Waals surface area (Å²) in [4.78, 5) is 2.60. The van der Waals surface area contributed by atoms with Gasteiger partial charge in [-0.25, -0.2) is 0 Å². The van der Waals surface area contributed by atoms with Crippen molar-refractivity contribution < 1.29 is 0 Å². The maximum atomic E-state index is 7.85. The number of rotatable bonds is 2. The standard InChI is InChI=1S/C3H8ClN3Si/c1-8(2,4)3-6-7-5/h3H2,1-2H3. The van der Waals surface area contributed by atoms with Gasteiger partial charge in [-0.15, -0.1) is 0 Å². The van der Waals surface area contributed by atoms with Crippen molar-refractivity contribution in [3.63, 3.8) is 0 Å². The van der Waals surface area contributed by atoms with E-state index in [-0.39, 0.29) is 0 Å². The van der Waals surface area contributed by atoms with Crippen LogP contribution in [0.15, 0.2) is 5.11 Å². The highest BCUT2D eigenvalue weighted by molar-refractivity contribution is 7.19. The molecule has 0 N–H and O–H groups in total. The fourth-order valence-electron chi connectivity index (χ4n) is 0.200. The van der Waals surface area contributed by atoms with E-state index in [1.807, 2.05) is 13.1 Å². The van der Waals surface area contributed by atoms with Crippen LogP contribution in [0.25, 0.3) is 10.4 Å². The third kappa shape index (κ3) is 5.82. The second-order valence-corrected chi connectivity index (χ2v) is 8.93. The van der Waals surface area contributed by atoms with Crippen molar-refractivity contribution in [2.24, 2.45) is 5.11 Å². The van der Waals surface area contributed by atoms with E-state index in [2.05, 4.69) is 10.0 Å². The Bertz CT molecular complexity index is 112. The Morgan fingerprint density at radius 2 is 2.25 bits per heavy atom. The summed E-state index contributed by atoms with van der Waals surface area (Å²) < 4.78 is 0. The third-order valence-electron chi connectivity index (χ3n) is 0.510. The molecule has 0 aliphatic carbocycles. The maximum absolute atomic E-state index is 7.85. The second-order valence-electron chi connectivity index (χ2n) is 2.11. The van der Waals surface area contributed by atoms with Crippen molar-refractivity contribution in [3.05, 3.63) is 10.4 Å². The molecule has 0 aromatic carbocycles. The van der Waals surface area contributed by atoms with Gasteiger partial charge < -0.3 is 0 Å². The van der Waals surface area contributed by atoms with Gasteiger partial charge in [0.2, 0.25) is 0 Å². The summed E-state index contributed by atoms with van der Waals surface area (Å²) in [6, 6.07) is 0. The topological polar surface area (TPSA) is 48.8 Å². The Morgan fingerprint density at radius 3 is 2.38 bits per heavy atom. The van der Waals surface area contributed by atoms with E-state index < -0.39 is 7.38 Å². The van der Waals surface area contributed by atoms with Crippen molar-refractivity contribution in [2.45, 2.75) is 13.1 Å². The Kier molecular flexibility index (Phi) is 2.90. The summed E-state index contributed by atoms with van der Waals surface area (Å²) in [5, 5.41) is 3.35. The molecule has 0 radical (unpaired) electrons. The Labute approximate surface area is 54.0 Å². The van der Waals surface area contributed by atoms with Gasteiger partial charge >= 0.3 is 0 Å². The van der Waals surface area contributed by atoms with Crippen molar-refractivity contribution in [1.29, 1.82) is 0 Å². The molecule has 0 amide bonds. The molecule has 3 nitrogen and oxygen atoms in total. The van der Waals surface area contributed by atoms with Crippen LogP contribution in [0.5, 0.6) is 0 Å². The van der Waals surface area contributed by atoms with Crippen LogP contribution >= 0.6 is 11.1 Å². The van der Waals surface area contributed by atoms with Gasteiger partial charge in [-0.3, -0.25) is 0 Å². The summed E-state index contributed by atoms with van der Waals surface area (Å²) in [5.41, 5.74) is 7.85. The first-order valence-electron chi connectivity index (χ1n) is 2.26. The van der Waals surface area contributed by atoms with Crippen LogP contribution in [-0.2, 0) is 0 Å². The van der Waals surface area contributed by atoms with Crippen molar-refractivity contribution in [2.75, 3.05) is 6.17 Å². The van der Waals surface area contributed by atoms with E-state index in [4.69, 9.17) is 16.6 Å². The van der Waals surface area contributed by atoms with Crippen LogP contribution in [0.4, 0.5) is 0 Å². The quantitative estimate of drug-likeness (QED) is 0.190. The molecular formula is C3H8ClN3Si. The van der Waals surface area contributed by atoms with Crippen molar-refractivity contribution in [3.8, 4) is 0 Å². The first kappa shape index (κ1) is 7.82. The van der Waals surface area contributed by atoms with Gasteiger partial charge in [-0.2, -0.15) is 11.1 Å². The van der Waals surface area contributed by atoms with Gasteiger partial charge in [0.05, 0.1) is 0 Å². The normalized spacial score (nSPS) is 10.4. The Morgan fingerprint density at radius 1 is 1.75 bits per heavy atom. The molecule has 5 heteroatoms. The monoisotopic (exact) mass is 149 g/mol. The minimum Gasteiger partial charge on any atom is -0.167 e. The lowest BCUT2D eigenvalue weighted by Gasteiger charge is -2.05. The molecule has 0 atom stereocenters. The summed E-state index contributed by atoms with van der Waals surface area (Å²) in [6.07, 6.45) is 0.477. The van der Waals surface area contributed by atoms with Crippen LogP contribution in [0.2, 0.25) is 13.1 Å². The lowest BCUT2D eigenvalue weighted by Crippen LogP contribution is -2.20. The average Bonchev–Trinajstić information content (AvgIpc) is 1.59. The third-order valence-corrected chi connectivity index (χ3v) is 1.76.